The first-order valence-electron chi connectivity index (χ1n) is 10.5. The first kappa shape index (κ1) is 16.2. The molecule has 0 aliphatic rings. The Morgan fingerprint density at radius 3 is 1.56 bits per heavy atom. The molecule has 0 bridgehead atoms. The van der Waals surface area contributed by atoms with Crippen molar-refractivity contribution in [3.05, 3.63) is 85.7 Å². The summed E-state index contributed by atoms with van der Waals surface area (Å²) < 4.78 is 4.05. The van der Waals surface area contributed by atoms with Crippen molar-refractivity contribution in [2.45, 2.75) is 0 Å². The van der Waals surface area contributed by atoms with Gasteiger partial charge in [0.25, 0.3) is 0 Å². The van der Waals surface area contributed by atoms with E-state index in [1.54, 1.807) is 0 Å². The minimum Gasteiger partial charge on any atom is -0.306 e. The lowest BCUT2D eigenvalue weighted by Gasteiger charge is -2.10. The number of hydrogen-bond donors (Lipinski definition) is 0. The van der Waals surface area contributed by atoms with Crippen LogP contribution < -0.4 is 0 Å². The van der Waals surface area contributed by atoms with Gasteiger partial charge in [0, 0.05) is 76.2 Å². The summed E-state index contributed by atoms with van der Waals surface area (Å²) in [6.07, 6.45) is 11.7. The van der Waals surface area contributed by atoms with E-state index in [4.69, 9.17) is 9.97 Å². The fourth-order valence-corrected chi connectivity index (χ4v) is 4.81. The highest BCUT2D eigenvalue weighted by Gasteiger charge is 2.12. The average molecular weight is 410 g/mol. The van der Waals surface area contributed by atoms with Crippen molar-refractivity contribution in [3.8, 4) is 0 Å². The smallest absolute Gasteiger partial charge is 0.138 e. The summed E-state index contributed by atoms with van der Waals surface area (Å²) in [6, 6.07) is 17.1. The molecule has 0 atom stereocenters. The fraction of sp³-hybridized carbons (Fsp3) is 0. The monoisotopic (exact) mass is 410 g/mol. The van der Waals surface area contributed by atoms with Gasteiger partial charge in [-0.05, 0) is 17.5 Å². The molecule has 0 aliphatic heterocycles. The van der Waals surface area contributed by atoms with Crippen LogP contribution in [0.3, 0.4) is 0 Å². The van der Waals surface area contributed by atoms with Crippen molar-refractivity contribution in [1.82, 2.24) is 28.7 Å². The lowest BCUT2D eigenvalue weighted by atomic mass is 10.0. The third-order valence-corrected chi connectivity index (χ3v) is 6.36. The highest BCUT2D eigenvalue weighted by atomic mass is 15.0. The van der Waals surface area contributed by atoms with E-state index >= 15 is 0 Å². The highest BCUT2D eigenvalue weighted by Crippen LogP contribution is 2.33. The van der Waals surface area contributed by atoms with Gasteiger partial charge in [0.05, 0.1) is 22.1 Å². The molecule has 6 heteroatoms. The van der Waals surface area contributed by atoms with Crippen LogP contribution in [0.2, 0.25) is 0 Å². The summed E-state index contributed by atoms with van der Waals surface area (Å²) in [5.41, 5.74) is 5.57. The summed E-state index contributed by atoms with van der Waals surface area (Å²) in [5, 5.41) is 6.58. The van der Waals surface area contributed by atoms with Gasteiger partial charge >= 0.3 is 0 Å². The van der Waals surface area contributed by atoms with Gasteiger partial charge in [-0.3, -0.25) is 0 Å². The number of fused-ring (bicyclic) bond motifs is 9. The van der Waals surface area contributed by atoms with Crippen LogP contribution >= 0.6 is 0 Å². The molecular weight excluding hydrogens is 396 g/mol. The second kappa shape index (κ2) is 5.56. The van der Waals surface area contributed by atoms with Gasteiger partial charge in [-0.15, -0.1) is 0 Å². The Labute approximate surface area is 180 Å². The zero-order valence-corrected chi connectivity index (χ0v) is 16.8. The lowest BCUT2D eigenvalue weighted by molar-refractivity contribution is 1.20. The standard InChI is InChI=1S/C26H14N6/c1-3-16-9-18-13-31-7-5-27-22(31)11-20(18)29-25(16)24-15(1)2-4-17-10-19-14-32-8-6-28-23(32)12-21(19)30-26(17)24/h1-14H. The normalized spacial score (nSPS) is 12.4. The molecule has 0 unspecified atom stereocenters. The summed E-state index contributed by atoms with van der Waals surface area (Å²) in [4.78, 5) is 19.0. The van der Waals surface area contributed by atoms with Crippen LogP contribution in [0.5, 0.6) is 0 Å². The van der Waals surface area contributed by atoms with E-state index in [1.165, 1.54) is 0 Å². The largest absolute Gasteiger partial charge is 0.306 e. The third kappa shape index (κ3) is 2.08. The first-order chi connectivity index (χ1) is 15.8. The van der Waals surface area contributed by atoms with Gasteiger partial charge in [-0.2, -0.15) is 0 Å². The molecule has 0 radical (unpaired) electrons. The molecule has 0 amide bonds. The predicted octanol–water partition coefficient (Wildman–Crippen LogP) is 5.54. The molecule has 6 heterocycles. The third-order valence-electron chi connectivity index (χ3n) is 6.36. The molecule has 32 heavy (non-hydrogen) atoms. The van der Waals surface area contributed by atoms with Crippen LogP contribution in [0.1, 0.15) is 0 Å². The quantitative estimate of drug-likeness (QED) is 0.243. The number of hydrogen-bond acceptors (Lipinski definition) is 4. The summed E-state index contributed by atoms with van der Waals surface area (Å²) in [6.45, 7) is 0. The Balaban J connectivity index is 1.55. The molecular formula is C26H14N6. The van der Waals surface area contributed by atoms with E-state index < -0.39 is 0 Å². The van der Waals surface area contributed by atoms with Crippen molar-refractivity contribution < 1.29 is 0 Å². The van der Waals surface area contributed by atoms with Crippen LogP contribution in [0.25, 0.3) is 65.7 Å². The summed E-state index contributed by atoms with van der Waals surface area (Å²) >= 11 is 0. The van der Waals surface area contributed by atoms with E-state index in [9.17, 15) is 0 Å². The van der Waals surface area contributed by atoms with Gasteiger partial charge in [0.1, 0.15) is 11.3 Å². The van der Waals surface area contributed by atoms with Crippen molar-refractivity contribution >= 4 is 65.7 Å². The maximum atomic E-state index is 5.10. The Morgan fingerprint density at radius 1 is 0.531 bits per heavy atom. The second-order valence-electron chi connectivity index (χ2n) is 8.23. The number of aromatic nitrogens is 6. The van der Waals surface area contributed by atoms with E-state index in [0.29, 0.717) is 0 Å². The van der Waals surface area contributed by atoms with Gasteiger partial charge < -0.3 is 8.80 Å². The van der Waals surface area contributed by atoms with Crippen molar-refractivity contribution in [3.63, 3.8) is 0 Å². The minimum atomic E-state index is 0.891. The van der Waals surface area contributed by atoms with Crippen LogP contribution in [-0.4, -0.2) is 28.7 Å². The van der Waals surface area contributed by atoms with E-state index in [2.05, 4.69) is 58.8 Å². The van der Waals surface area contributed by atoms with E-state index in [-0.39, 0.29) is 0 Å². The molecule has 0 saturated carbocycles. The molecule has 0 saturated heterocycles. The number of pyridine rings is 4. The zero-order chi connectivity index (χ0) is 20.8. The Kier molecular flexibility index (Phi) is 2.81. The van der Waals surface area contributed by atoms with Gasteiger partial charge in [-0.25, -0.2) is 19.9 Å². The number of imidazole rings is 2. The maximum absolute atomic E-state index is 5.10. The predicted molar refractivity (Wildman–Crippen MR) is 127 cm³/mol. The van der Waals surface area contributed by atoms with Crippen LogP contribution in [0, 0.1) is 0 Å². The second-order valence-corrected chi connectivity index (χ2v) is 8.23. The fourth-order valence-electron chi connectivity index (χ4n) is 4.81. The molecule has 8 rings (SSSR count). The number of benzene rings is 2. The first-order valence-corrected chi connectivity index (χ1v) is 10.5. The SMILES string of the molecule is c1cn2cc3cc4ccc5ccc6cc7cn8ccnc8cc7nc6c5c4nc3cc2n1. The Bertz CT molecular complexity index is 1900. The molecule has 0 N–H and O–H groups in total. The van der Waals surface area contributed by atoms with Gasteiger partial charge in [0.2, 0.25) is 0 Å². The van der Waals surface area contributed by atoms with Crippen molar-refractivity contribution in [2.75, 3.05) is 0 Å². The van der Waals surface area contributed by atoms with Crippen molar-refractivity contribution in [1.29, 1.82) is 0 Å². The molecule has 8 aromatic rings. The van der Waals surface area contributed by atoms with Gasteiger partial charge in [0.15, 0.2) is 0 Å². The lowest BCUT2D eigenvalue weighted by Crippen LogP contribution is -1.92. The summed E-state index contributed by atoms with van der Waals surface area (Å²) in [7, 11) is 0. The molecule has 148 valence electrons. The van der Waals surface area contributed by atoms with Crippen molar-refractivity contribution in [2.24, 2.45) is 0 Å². The molecule has 6 aromatic heterocycles. The van der Waals surface area contributed by atoms with E-state index in [0.717, 1.165) is 65.7 Å². The Hall–Kier alpha value is -4.58. The molecule has 2 aromatic carbocycles. The van der Waals surface area contributed by atoms with Crippen LogP contribution in [0.4, 0.5) is 0 Å². The molecule has 0 aliphatic carbocycles. The highest BCUT2D eigenvalue weighted by molar-refractivity contribution is 6.20. The number of rotatable bonds is 0. The van der Waals surface area contributed by atoms with Crippen LogP contribution in [0.15, 0.2) is 85.7 Å². The van der Waals surface area contributed by atoms with Crippen LogP contribution in [-0.2, 0) is 0 Å². The summed E-state index contributed by atoms with van der Waals surface area (Å²) in [5.74, 6) is 0. The maximum Gasteiger partial charge on any atom is 0.138 e. The Morgan fingerprint density at radius 2 is 1.03 bits per heavy atom. The zero-order valence-electron chi connectivity index (χ0n) is 16.8. The molecule has 0 spiro atoms. The van der Waals surface area contributed by atoms with Gasteiger partial charge in [-0.1, -0.05) is 24.3 Å². The average Bonchev–Trinajstić information content (AvgIpc) is 3.46. The van der Waals surface area contributed by atoms with E-state index in [1.807, 2.05) is 45.7 Å². The number of nitrogens with zero attached hydrogens (tertiary/aromatic N) is 6. The molecule has 0 fully saturated rings. The topological polar surface area (TPSA) is 60.4 Å². The minimum absolute atomic E-state index is 0.891. The molecule has 6 nitrogen and oxygen atoms in total.